The Morgan fingerprint density at radius 2 is 1.89 bits per heavy atom. The third-order valence-electron chi connectivity index (χ3n) is 5.30. The summed E-state index contributed by atoms with van der Waals surface area (Å²) >= 11 is 0. The molecule has 4 rings (SSSR count). The Balaban J connectivity index is 1.57. The summed E-state index contributed by atoms with van der Waals surface area (Å²) in [6.45, 7) is 1.02. The summed E-state index contributed by atoms with van der Waals surface area (Å²) in [5.41, 5.74) is 2.79. The van der Waals surface area contributed by atoms with Crippen LogP contribution in [0.1, 0.15) is 12.0 Å². The largest absolute Gasteiger partial charge is 0.497 e. The number of benzene rings is 2. The summed E-state index contributed by atoms with van der Waals surface area (Å²) < 4.78 is 10.7. The Morgan fingerprint density at radius 1 is 1.07 bits per heavy atom. The van der Waals surface area contributed by atoms with Crippen molar-refractivity contribution in [1.82, 2.24) is 0 Å². The molecule has 0 bridgehead atoms. The van der Waals surface area contributed by atoms with Crippen LogP contribution in [0.2, 0.25) is 0 Å². The highest BCUT2D eigenvalue weighted by Gasteiger charge is 2.39. The van der Waals surface area contributed by atoms with E-state index in [1.54, 1.807) is 37.3 Å². The maximum Gasteiger partial charge on any atom is 0.232 e. The van der Waals surface area contributed by atoms with Gasteiger partial charge in [-0.1, -0.05) is 18.2 Å². The normalized spacial score (nSPS) is 18.6. The molecule has 0 aromatic heterocycles. The van der Waals surface area contributed by atoms with Crippen molar-refractivity contribution in [3.8, 4) is 11.5 Å². The number of hydrogen-bond acceptors (Lipinski definition) is 4. The number of rotatable bonds is 4. The highest BCUT2D eigenvalue weighted by molar-refractivity contribution is 6.05. The molecular formula is C21H22N2O4. The van der Waals surface area contributed by atoms with E-state index in [1.807, 2.05) is 23.1 Å². The van der Waals surface area contributed by atoms with Crippen molar-refractivity contribution < 1.29 is 19.1 Å². The summed E-state index contributed by atoms with van der Waals surface area (Å²) in [5.74, 6) is 0.801. The topological polar surface area (TPSA) is 59.1 Å². The number of methoxy groups -OCH3 is 2. The van der Waals surface area contributed by atoms with Crippen LogP contribution in [0.4, 0.5) is 11.4 Å². The standard InChI is InChI=1S/C21H22N2O4/c1-26-16-7-8-19(27-2)18(12-16)23-13-15(11-20(23)24)21(25)22-10-9-14-5-3-4-6-17(14)22/h3-8,12,15H,9-11,13H2,1-2H3/t15-/m1/s1. The van der Waals surface area contributed by atoms with Crippen molar-refractivity contribution in [2.24, 2.45) is 5.92 Å². The first-order valence-corrected chi connectivity index (χ1v) is 9.04. The minimum absolute atomic E-state index is 0.0117. The van der Waals surface area contributed by atoms with E-state index in [0.717, 1.165) is 12.1 Å². The van der Waals surface area contributed by atoms with E-state index < -0.39 is 0 Å². The van der Waals surface area contributed by atoms with Crippen LogP contribution in [-0.2, 0) is 16.0 Å². The Bertz CT molecular complexity index is 896. The molecule has 0 N–H and O–H groups in total. The fraction of sp³-hybridized carbons (Fsp3) is 0.333. The predicted octanol–water partition coefficient (Wildman–Crippen LogP) is 2.65. The van der Waals surface area contributed by atoms with Crippen molar-refractivity contribution in [3.63, 3.8) is 0 Å². The molecule has 2 aliphatic rings. The molecule has 27 heavy (non-hydrogen) atoms. The second-order valence-corrected chi connectivity index (χ2v) is 6.81. The van der Waals surface area contributed by atoms with E-state index >= 15 is 0 Å². The number of fused-ring (bicyclic) bond motifs is 1. The van der Waals surface area contributed by atoms with Gasteiger partial charge in [-0.05, 0) is 30.2 Å². The zero-order valence-corrected chi connectivity index (χ0v) is 15.5. The molecule has 0 aliphatic carbocycles. The van der Waals surface area contributed by atoms with Gasteiger partial charge in [0, 0.05) is 31.3 Å². The van der Waals surface area contributed by atoms with E-state index in [0.29, 0.717) is 30.3 Å². The van der Waals surface area contributed by atoms with Gasteiger partial charge in [-0.15, -0.1) is 0 Å². The summed E-state index contributed by atoms with van der Waals surface area (Å²) in [6, 6.07) is 13.3. The molecule has 0 spiro atoms. The Labute approximate surface area is 158 Å². The minimum Gasteiger partial charge on any atom is -0.497 e. The smallest absolute Gasteiger partial charge is 0.232 e. The number of anilines is 2. The number of hydrogen-bond donors (Lipinski definition) is 0. The zero-order chi connectivity index (χ0) is 19.0. The van der Waals surface area contributed by atoms with Crippen molar-refractivity contribution in [2.45, 2.75) is 12.8 Å². The van der Waals surface area contributed by atoms with Gasteiger partial charge in [-0.2, -0.15) is 0 Å². The van der Waals surface area contributed by atoms with Gasteiger partial charge in [0.15, 0.2) is 0 Å². The van der Waals surface area contributed by atoms with Crippen LogP contribution in [0.15, 0.2) is 42.5 Å². The molecule has 0 saturated carbocycles. The number of carbonyl (C=O) groups is 2. The van der Waals surface area contributed by atoms with E-state index in [4.69, 9.17) is 9.47 Å². The van der Waals surface area contributed by atoms with Crippen LogP contribution in [-0.4, -0.2) is 39.1 Å². The Kier molecular flexibility index (Phi) is 4.48. The molecule has 1 saturated heterocycles. The molecule has 2 aliphatic heterocycles. The van der Waals surface area contributed by atoms with Crippen LogP contribution in [0.3, 0.4) is 0 Å². The Morgan fingerprint density at radius 3 is 2.67 bits per heavy atom. The summed E-state index contributed by atoms with van der Waals surface area (Å²) in [7, 11) is 3.14. The molecule has 2 aromatic carbocycles. The van der Waals surface area contributed by atoms with E-state index in [1.165, 1.54) is 5.56 Å². The van der Waals surface area contributed by atoms with Gasteiger partial charge >= 0.3 is 0 Å². The van der Waals surface area contributed by atoms with E-state index in [9.17, 15) is 9.59 Å². The first kappa shape index (κ1) is 17.4. The fourth-order valence-electron chi connectivity index (χ4n) is 3.90. The van der Waals surface area contributed by atoms with Gasteiger partial charge in [0.2, 0.25) is 11.8 Å². The average molecular weight is 366 g/mol. The van der Waals surface area contributed by atoms with Gasteiger partial charge in [-0.3, -0.25) is 9.59 Å². The van der Waals surface area contributed by atoms with Gasteiger partial charge in [0.1, 0.15) is 11.5 Å². The first-order chi connectivity index (χ1) is 13.1. The number of carbonyl (C=O) groups excluding carboxylic acids is 2. The van der Waals surface area contributed by atoms with Crippen LogP contribution in [0.5, 0.6) is 11.5 Å². The SMILES string of the molecule is COc1ccc(OC)c(N2C[C@H](C(=O)N3CCc4ccccc43)CC2=O)c1. The molecular weight excluding hydrogens is 344 g/mol. The Hall–Kier alpha value is -3.02. The number of para-hydroxylation sites is 1. The van der Waals surface area contributed by atoms with Crippen LogP contribution < -0.4 is 19.3 Å². The summed E-state index contributed by atoms with van der Waals surface area (Å²) in [4.78, 5) is 29.2. The lowest BCUT2D eigenvalue weighted by Crippen LogP contribution is -2.36. The lowest BCUT2D eigenvalue weighted by Gasteiger charge is -2.23. The monoisotopic (exact) mass is 366 g/mol. The summed E-state index contributed by atoms with van der Waals surface area (Å²) in [6.07, 6.45) is 1.06. The second-order valence-electron chi connectivity index (χ2n) is 6.81. The van der Waals surface area contributed by atoms with E-state index in [2.05, 4.69) is 6.07 Å². The fourth-order valence-corrected chi connectivity index (χ4v) is 3.90. The third-order valence-corrected chi connectivity index (χ3v) is 5.30. The van der Waals surface area contributed by atoms with Crippen LogP contribution >= 0.6 is 0 Å². The van der Waals surface area contributed by atoms with Gasteiger partial charge < -0.3 is 19.3 Å². The van der Waals surface area contributed by atoms with Gasteiger partial charge in [0.05, 0.1) is 25.8 Å². The lowest BCUT2D eigenvalue weighted by molar-refractivity contribution is -0.124. The molecule has 2 heterocycles. The summed E-state index contributed by atoms with van der Waals surface area (Å²) in [5, 5.41) is 0. The maximum absolute atomic E-state index is 13.1. The molecule has 0 radical (unpaired) electrons. The number of amides is 2. The number of nitrogens with zero attached hydrogens (tertiary/aromatic N) is 2. The lowest BCUT2D eigenvalue weighted by atomic mass is 10.1. The van der Waals surface area contributed by atoms with Gasteiger partial charge in [0.25, 0.3) is 0 Å². The van der Waals surface area contributed by atoms with Crippen LogP contribution in [0, 0.1) is 5.92 Å². The highest BCUT2D eigenvalue weighted by atomic mass is 16.5. The molecule has 2 aromatic rings. The molecule has 2 amide bonds. The molecule has 1 fully saturated rings. The average Bonchev–Trinajstić information content (AvgIpc) is 3.30. The molecule has 140 valence electrons. The maximum atomic E-state index is 13.1. The van der Waals surface area contributed by atoms with Crippen molar-refractivity contribution >= 4 is 23.2 Å². The first-order valence-electron chi connectivity index (χ1n) is 9.04. The van der Waals surface area contributed by atoms with Crippen molar-refractivity contribution in [2.75, 3.05) is 37.1 Å². The third kappa shape index (κ3) is 3.01. The minimum atomic E-state index is -0.362. The zero-order valence-electron chi connectivity index (χ0n) is 15.5. The van der Waals surface area contributed by atoms with E-state index in [-0.39, 0.29) is 24.2 Å². The van der Waals surface area contributed by atoms with Crippen LogP contribution in [0.25, 0.3) is 0 Å². The second kappa shape index (κ2) is 6.95. The predicted molar refractivity (Wildman–Crippen MR) is 103 cm³/mol. The molecule has 0 unspecified atom stereocenters. The molecule has 6 heteroatoms. The molecule has 1 atom stereocenters. The molecule has 6 nitrogen and oxygen atoms in total. The quantitative estimate of drug-likeness (QED) is 0.835. The van der Waals surface area contributed by atoms with Gasteiger partial charge in [-0.25, -0.2) is 0 Å². The van der Waals surface area contributed by atoms with Crippen molar-refractivity contribution in [1.29, 1.82) is 0 Å². The highest BCUT2D eigenvalue weighted by Crippen LogP contribution is 2.37. The van der Waals surface area contributed by atoms with Crippen molar-refractivity contribution in [3.05, 3.63) is 48.0 Å². The number of ether oxygens (including phenoxy) is 2.